The van der Waals surface area contributed by atoms with Gasteiger partial charge in [-0.25, -0.2) is 0 Å². The molecule has 0 bridgehead atoms. The highest BCUT2D eigenvalue weighted by atomic mass is 32.2. The van der Waals surface area contributed by atoms with E-state index in [1.54, 1.807) is 24.3 Å². The normalized spacial score (nSPS) is 18.7. The monoisotopic (exact) mass is 494 g/mol. The van der Waals surface area contributed by atoms with E-state index in [-0.39, 0.29) is 16.7 Å². The summed E-state index contributed by atoms with van der Waals surface area (Å²) in [5.74, 6) is 0. The lowest BCUT2D eigenvalue weighted by Gasteiger charge is -2.09. The molecule has 1 atom stereocenters. The van der Waals surface area contributed by atoms with Crippen molar-refractivity contribution in [2.24, 2.45) is 5.10 Å². The number of thioether (sulfide) groups is 2. The van der Waals surface area contributed by atoms with Gasteiger partial charge in [0.05, 0.1) is 15.6 Å². The predicted molar refractivity (Wildman–Crippen MR) is 142 cm³/mol. The molecule has 2 heterocycles. The SMILES string of the molecule is O=[N+]([O-])c1ccc(C2=N[N+](=C3C=CC(=C4Sc5ccccc5S4)C=C3)[C@@H](c3ccccc3)C2)cc1. The molecule has 7 heteroatoms. The number of non-ortho nitro benzene ring substituents is 1. The molecule has 0 radical (unpaired) electrons. The molecule has 0 fully saturated rings. The molecule has 0 aromatic heterocycles. The van der Waals surface area contributed by atoms with Crippen molar-refractivity contribution in [2.45, 2.75) is 22.3 Å². The molecule has 35 heavy (non-hydrogen) atoms. The van der Waals surface area contributed by atoms with Crippen LogP contribution in [0.2, 0.25) is 0 Å². The lowest BCUT2D eigenvalue weighted by molar-refractivity contribution is -0.566. The van der Waals surface area contributed by atoms with E-state index in [1.807, 2.05) is 41.7 Å². The van der Waals surface area contributed by atoms with Crippen LogP contribution >= 0.6 is 23.5 Å². The van der Waals surface area contributed by atoms with Crippen molar-refractivity contribution >= 4 is 40.6 Å². The van der Waals surface area contributed by atoms with Crippen LogP contribution in [0.25, 0.3) is 0 Å². The summed E-state index contributed by atoms with van der Waals surface area (Å²) in [6.07, 6.45) is 9.31. The molecule has 0 spiro atoms. The first-order chi connectivity index (χ1) is 17.2. The van der Waals surface area contributed by atoms with E-state index >= 15 is 0 Å². The summed E-state index contributed by atoms with van der Waals surface area (Å²) in [6.45, 7) is 0. The Morgan fingerprint density at radius 1 is 0.829 bits per heavy atom. The molecule has 1 aliphatic carbocycles. The third-order valence-corrected chi connectivity index (χ3v) is 8.75. The molecule has 5 nitrogen and oxygen atoms in total. The van der Waals surface area contributed by atoms with Crippen molar-refractivity contribution in [3.05, 3.63) is 134 Å². The van der Waals surface area contributed by atoms with Gasteiger partial charge in [0, 0.05) is 45.2 Å². The van der Waals surface area contributed by atoms with E-state index in [9.17, 15) is 10.1 Å². The molecule has 0 unspecified atom stereocenters. The quantitative estimate of drug-likeness (QED) is 0.221. The van der Waals surface area contributed by atoms with Crippen molar-refractivity contribution in [3.8, 4) is 0 Å². The van der Waals surface area contributed by atoms with Gasteiger partial charge in [-0.3, -0.25) is 10.1 Å². The van der Waals surface area contributed by atoms with Gasteiger partial charge in [-0.1, -0.05) is 70.7 Å². The molecule has 0 N–H and O–H groups in total. The predicted octanol–water partition coefficient (Wildman–Crippen LogP) is 7.13. The van der Waals surface area contributed by atoms with Crippen LogP contribution in [0.3, 0.4) is 0 Å². The number of fused-ring (bicyclic) bond motifs is 1. The second kappa shape index (κ2) is 9.17. The van der Waals surface area contributed by atoms with Crippen LogP contribution in [0.15, 0.2) is 128 Å². The van der Waals surface area contributed by atoms with Gasteiger partial charge in [0.2, 0.25) is 11.8 Å². The Hall–Kier alpha value is -3.68. The largest absolute Gasteiger partial charge is 0.269 e. The van der Waals surface area contributed by atoms with Gasteiger partial charge in [0.1, 0.15) is 5.71 Å². The second-order valence-electron chi connectivity index (χ2n) is 8.31. The number of nitro benzene ring substituents is 1. The molecule has 0 saturated carbocycles. The smallest absolute Gasteiger partial charge is 0.258 e. The van der Waals surface area contributed by atoms with Crippen molar-refractivity contribution in [1.82, 2.24) is 0 Å². The average molecular weight is 495 g/mol. The fourth-order valence-corrected chi connectivity index (χ4v) is 6.83. The first kappa shape index (κ1) is 21.8. The summed E-state index contributed by atoms with van der Waals surface area (Å²) in [5, 5.41) is 16.0. The minimum atomic E-state index is -0.377. The van der Waals surface area contributed by atoms with E-state index in [2.05, 4.69) is 65.4 Å². The molecule has 3 aromatic rings. The van der Waals surface area contributed by atoms with Gasteiger partial charge in [0.15, 0.2) is 0 Å². The Labute approximate surface area is 211 Å². The minimum Gasteiger partial charge on any atom is -0.258 e. The number of hydrazone groups is 1. The van der Waals surface area contributed by atoms with Crippen LogP contribution in [0.5, 0.6) is 0 Å². The van der Waals surface area contributed by atoms with Crippen LogP contribution in [0, 0.1) is 10.1 Å². The Balaban J connectivity index is 1.35. The summed E-state index contributed by atoms with van der Waals surface area (Å²) in [5.41, 5.74) is 5.32. The van der Waals surface area contributed by atoms with E-state index < -0.39 is 0 Å². The molecule has 170 valence electrons. The van der Waals surface area contributed by atoms with E-state index in [0.717, 1.165) is 23.4 Å². The highest BCUT2D eigenvalue weighted by molar-refractivity contribution is 8.24. The Morgan fingerprint density at radius 2 is 1.46 bits per heavy atom. The maximum Gasteiger partial charge on any atom is 0.269 e. The standard InChI is InChI=1S/C28H20N3O2S2/c32-31(33)23-16-10-19(11-17-23)24-18-25(20-6-2-1-3-7-20)30(29-24)22-14-12-21(13-15-22)28-34-26-8-4-5-9-27(26)35-28/h1-17,25H,18H2/q+1/t25-/m1/s1. The fraction of sp³-hybridized carbons (Fsp3) is 0.0714. The lowest BCUT2D eigenvalue weighted by Crippen LogP contribution is -2.16. The van der Waals surface area contributed by atoms with Crippen molar-refractivity contribution in [1.29, 1.82) is 0 Å². The van der Waals surface area contributed by atoms with Crippen molar-refractivity contribution in [3.63, 3.8) is 0 Å². The number of allylic oxidation sites excluding steroid dienone is 5. The number of hydrogen-bond acceptors (Lipinski definition) is 5. The van der Waals surface area contributed by atoms with Crippen LogP contribution < -0.4 is 0 Å². The molecular weight excluding hydrogens is 474 g/mol. The zero-order valence-corrected chi connectivity index (χ0v) is 20.2. The average Bonchev–Trinajstić information content (AvgIpc) is 3.55. The van der Waals surface area contributed by atoms with Crippen LogP contribution in [0.1, 0.15) is 23.6 Å². The third-order valence-electron chi connectivity index (χ3n) is 6.13. The molecule has 0 saturated heterocycles. The molecular formula is C28H20N3O2S2+. The second-order valence-corrected chi connectivity index (χ2v) is 10.7. The summed E-state index contributed by atoms with van der Waals surface area (Å²) < 4.78 is 3.36. The molecule has 6 rings (SSSR count). The fourth-order valence-electron chi connectivity index (χ4n) is 4.34. The first-order valence-corrected chi connectivity index (χ1v) is 12.9. The highest BCUT2D eigenvalue weighted by Crippen LogP contribution is 2.52. The van der Waals surface area contributed by atoms with Gasteiger partial charge in [-0.05, 0) is 47.1 Å². The minimum absolute atomic E-state index is 0.0550. The first-order valence-electron chi connectivity index (χ1n) is 11.2. The number of benzene rings is 3. The number of hydrogen-bond donors (Lipinski definition) is 0. The zero-order chi connectivity index (χ0) is 23.8. The lowest BCUT2D eigenvalue weighted by atomic mass is 9.98. The maximum absolute atomic E-state index is 11.1. The molecule has 3 aromatic carbocycles. The maximum atomic E-state index is 11.1. The van der Waals surface area contributed by atoms with Gasteiger partial charge in [-0.2, -0.15) is 0 Å². The summed E-state index contributed by atoms with van der Waals surface area (Å²) >= 11 is 3.63. The molecule has 2 aliphatic heterocycles. The number of nitro groups is 1. The summed E-state index contributed by atoms with van der Waals surface area (Å²) in [6, 6.07) is 25.5. The summed E-state index contributed by atoms with van der Waals surface area (Å²) in [7, 11) is 0. The Bertz CT molecular complexity index is 1440. The van der Waals surface area contributed by atoms with Crippen LogP contribution in [-0.4, -0.2) is 21.0 Å². The molecule has 0 amide bonds. The summed E-state index contributed by atoms with van der Waals surface area (Å²) in [4.78, 5) is 13.3. The van der Waals surface area contributed by atoms with Gasteiger partial charge < -0.3 is 0 Å². The van der Waals surface area contributed by atoms with E-state index in [1.165, 1.54) is 25.2 Å². The van der Waals surface area contributed by atoms with Crippen molar-refractivity contribution in [2.75, 3.05) is 0 Å². The van der Waals surface area contributed by atoms with Crippen LogP contribution in [-0.2, 0) is 0 Å². The Morgan fingerprint density at radius 3 is 2.09 bits per heavy atom. The highest BCUT2D eigenvalue weighted by Gasteiger charge is 2.36. The topological polar surface area (TPSA) is 58.5 Å². The zero-order valence-electron chi connectivity index (χ0n) is 18.6. The van der Waals surface area contributed by atoms with Gasteiger partial charge in [0.25, 0.3) is 5.69 Å². The van der Waals surface area contributed by atoms with E-state index in [4.69, 9.17) is 5.10 Å². The van der Waals surface area contributed by atoms with Gasteiger partial charge in [-0.15, -0.1) is 0 Å². The van der Waals surface area contributed by atoms with Crippen LogP contribution in [0.4, 0.5) is 5.69 Å². The number of rotatable bonds is 3. The third kappa shape index (κ3) is 4.29. The Kier molecular flexibility index (Phi) is 5.72. The van der Waals surface area contributed by atoms with Crippen molar-refractivity contribution < 1.29 is 9.61 Å². The van der Waals surface area contributed by atoms with E-state index in [0.29, 0.717) is 0 Å². The number of nitrogens with zero attached hydrogens (tertiary/aromatic N) is 3. The molecule has 3 aliphatic rings. The van der Waals surface area contributed by atoms with Gasteiger partial charge >= 0.3 is 0 Å².